The quantitative estimate of drug-likeness (QED) is 0.309. The monoisotopic (exact) mass is 448 g/mol. The zero-order valence-corrected chi connectivity index (χ0v) is 21.6. The van der Waals surface area contributed by atoms with Gasteiger partial charge in [0.25, 0.3) is 0 Å². The number of benzene rings is 3. The van der Waals surface area contributed by atoms with E-state index < -0.39 is 0 Å². The molecule has 0 spiro atoms. The van der Waals surface area contributed by atoms with Crippen LogP contribution in [-0.2, 0) is 10.8 Å². The van der Waals surface area contributed by atoms with Crippen molar-refractivity contribution in [2.24, 2.45) is 0 Å². The first kappa shape index (κ1) is 23.8. The molecule has 0 aliphatic carbocycles. The van der Waals surface area contributed by atoms with Crippen molar-refractivity contribution in [3.05, 3.63) is 108 Å². The van der Waals surface area contributed by atoms with E-state index >= 15 is 0 Å². The topological polar surface area (TPSA) is 16.1 Å². The normalized spacial score (nSPS) is 12.0. The molecule has 0 aliphatic heterocycles. The maximum atomic E-state index is 4.33. The lowest BCUT2D eigenvalue weighted by atomic mass is 9.86. The fraction of sp³-hybridized carbons (Fsp3) is 0.281. The molecule has 4 rings (SSSR count). The molecule has 0 atom stereocenters. The molecule has 2 nitrogen and oxygen atoms in total. The lowest BCUT2D eigenvalue weighted by Crippen LogP contribution is -2.14. The number of aromatic nitrogens is 1. The highest BCUT2D eigenvalue weighted by Gasteiger charge is 2.18. The van der Waals surface area contributed by atoms with Crippen LogP contribution in [-0.4, -0.2) is 4.98 Å². The Balaban J connectivity index is 1.76. The van der Waals surface area contributed by atoms with E-state index in [2.05, 4.69) is 136 Å². The summed E-state index contributed by atoms with van der Waals surface area (Å²) in [5, 5.41) is 0. The third-order valence-corrected chi connectivity index (χ3v) is 6.34. The average Bonchev–Trinajstić information content (AvgIpc) is 2.79. The van der Waals surface area contributed by atoms with Gasteiger partial charge in [-0.05, 0) is 88.5 Å². The van der Waals surface area contributed by atoms with Gasteiger partial charge in [-0.2, -0.15) is 0 Å². The van der Waals surface area contributed by atoms with Gasteiger partial charge >= 0.3 is 0 Å². The first-order chi connectivity index (χ1) is 16.0. The predicted molar refractivity (Wildman–Crippen MR) is 146 cm³/mol. The molecule has 34 heavy (non-hydrogen) atoms. The Bertz CT molecular complexity index is 1180. The molecule has 0 N–H and O–H groups in total. The van der Waals surface area contributed by atoms with E-state index in [1.54, 1.807) is 0 Å². The summed E-state index contributed by atoms with van der Waals surface area (Å²) in [4.78, 5) is 6.66. The maximum absolute atomic E-state index is 4.33. The zero-order chi connectivity index (χ0) is 24.5. The van der Waals surface area contributed by atoms with Crippen molar-refractivity contribution >= 4 is 17.1 Å². The molecule has 0 aliphatic rings. The van der Waals surface area contributed by atoms with Gasteiger partial charge in [-0.1, -0.05) is 77.9 Å². The molecule has 0 unspecified atom stereocenters. The maximum Gasteiger partial charge on any atom is 0.0462 e. The van der Waals surface area contributed by atoms with Gasteiger partial charge in [0, 0.05) is 29.0 Å². The number of rotatable bonds is 4. The lowest BCUT2D eigenvalue weighted by Gasteiger charge is -2.28. The Morgan fingerprint density at radius 3 is 1.32 bits per heavy atom. The molecule has 4 aromatic rings. The smallest absolute Gasteiger partial charge is 0.0462 e. The van der Waals surface area contributed by atoms with Crippen LogP contribution in [0.15, 0.2) is 91.1 Å². The number of nitrogens with zero attached hydrogens (tertiary/aromatic N) is 2. The lowest BCUT2D eigenvalue weighted by molar-refractivity contribution is 0.590. The predicted octanol–water partition coefficient (Wildman–Crippen LogP) is 9.12. The van der Waals surface area contributed by atoms with Crippen LogP contribution in [0.2, 0.25) is 0 Å². The van der Waals surface area contributed by atoms with Crippen LogP contribution < -0.4 is 4.90 Å². The third kappa shape index (κ3) is 5.22. The fourth-order valence-electron chi connectivity index (χ4n) is 4.20. The molecule has 0 saturated carbocycles. The number of aryl methyl sites for hydroxylation is 1. The van der Waals surface area contributed by atoms with E-state index in [1.807, 2.05) is 13.1 Å². The molecule has 174 valence electrons. The Labute approximate surface area is 205 Å². The largest absolute Gasteiger partial charge is 0.311 e. The molecule has 0 fully saturated rings. The molecule has 0 radical (unpaired) electrons. The number of pyridine rings is 1. The highest BCUT2D eigenvalue weighted by molar-refractivity contribution is 5.78. The van der Waals surface area contributed by atoms with Crippen LogP contribution in [0, 0.1) is 6.92 Å². The third-order valence-electron chi connectivity index (χ3n) is 6.34. The molecule has 0 amide bonds. The van der Waals surface area contributed by atoms with Crippen LogP contribution in [0.25, 0.3) is 11.1 Å². The molecule has 0 bridgehead atoms. The second-order valence-corrected chi connectivity index (χ2v) is 11.2. The van der Waals surface area contributed by atoms with Crippen molar-refractivity contribution in [3.63, 3.8) is 0 Å². The second-order valence-electron chi connectivity index (χ2n) is 11.2. The van der Waals surface area contributed by atoms with E-state index in [0.717, 1.165) is 22.8 Å². The number of hydrogen-bond donors (Lipinski definition) is 0. The Kier molecular flexibility index (Phi) is 6.36. The minimum absolute atomic E-state index is 0.127. The van der Waals surface area contributed by atoms with Crippen LogP contribution in [0.4, 0.5) is 17.1 Å². The van der Waals surface area contributed by atoms with Crippen LogP contribution >= 0.6 is 0 Å². The number of hydrogen-bond acceptors (Lipinski definition) is 2. The van der Waals surface area contributed by atoms with Crippen LogP contribution in [0.3, 0.4) is 0 Å². The molecule has 1 aromatic heterocycles. The minimum atomic E-state index is 0.127. The van der Waals surface area contributed by atoms with Gasteiger partial charge in [-0.15, -0.1) is 0 Å². The SMILES string of the molecule is Cc1cc(-c2ccc(N(c3ccc(C(C)(C)C)cc3)c3ccc(C(C)(C)C)cc3)cc2)ccn1. The van der Waals surface area contributed by atoms with E-state index in [0.29, 0.717) is 0 Å². The van der Waals surface area contributed by atoms with Crippen LogP contribution in [0.1, 0.15) is 58.4 Å². The van der Waals surface area contributed by atoms with Gasteiger partial charge in [0.2, 0.25) is 0 Å². The minimum Gasteiger partial charge on any atom is -0.311 e. The van der Waals surface area contributed by atoms with Gasteiger partial charge in [-0.3, -0.25) is 4.98 Å². The Morgan fingerprint density at radius 1 is 0.529 bits per heavy atom. The van der Waals surface area contributed by atoms with Crippen molar-refractivity contribution < 1.29 is 0 Å². The highest BCUT2D eigenvalue weighted by atomic mass is 15.1. The van der Waals surface area contributed by atoms with E-state index in [-0.39, 0.29) is 10.8 Å². The van der Waals surface area contributed by atoms with Gasteiger partial charge < -0.3 is 4.90 Å². The number of anilines is 3. The molecule has 1 heterocycles. The first-order valence-corrected chi connectivity index (χ1v) is 12.1. The molecular formula is C32H36N2. The van der Waals surface area contributed by atoms with Crippen LogP contribution in [0.5, 0.6) is 0 Å². The average molecular weight is 449 g/mol. The van der Waals surface area contributed by atoms with Crippen molar-refractivity contribution in [3.8, 4) is 11.1 Å². The summed E-state index contributed by atoms with van der Waals surface area (Å²) in [5.74, 6) is 0. The Morgan fingerprint density at radius 2 is 0.941 bits per heavy atom. The van der Waals surface area contributed by atoms with Gasteiger partial charge in [0.05, 0.1) is 0 Å². The molecule has 2 heteroatoms. The van der Waals surface area contributed by atoms with Gasteiger partial charge in [0.15, 0.2) is 0 Å². The summed E-state index contributed by atoms with van der Waals surface area (Å²) in [6.45, 7) is 15.6. The Hall–Kier alpha value is -3.39. The summed E-state index contributed by atoms with van der Waals surface area (Å²) < 4.78 is 0. The summed E-state index contributed by atoms with van der Waals surface area (Å²) in [6.07, 6.45) is 1.87. The van der Waals surface area contributed by atoms with Crippen molar-refractivity contribution in [1.29, 1.82) is 0 Å². The summed E-state index contributed by atoms with van der Waals surface area (Å²) in [7, 11) is 0. The fourth-order valence-corrected chi connectivity index (χ4v) is 4.20. The molecular weight excluding hydrogens is 412 g/mol. The standard InChI is InChI=1S/C32H36N2/c1-23-22-25(20-21-33-23)24-8-14-28(15-9-24)34(29-16-10-26(11-17-29)31(2,3)4)30-18-12-27(13-19-30)32(5,6)7/h8-22H,1-7H3. The van der Waals surface area contributed by atoms with Crippen molar-refractivity contribution in [2.75, 3.05) is 4.90 Å². The zero-order valence-electron chi connectivity index (χ0n) is 21.6. The molecule has 0 saturated heterocycles. The van der Waals surface area contributed by atoms with E-state index in [4.69, 9.17) is 0 Å². The highest BCUT2D eigenvalue weighted by Crippen LogP contribution is 2.37. The first-order valence-electron chi connectivity index (χ1n) is 12.1. The van der Waals surface area contributed by atoms with Gasteiger partial charge in [-0.25, -0.2) is 0 Å². The van der Waals surface area contributed by atoms with E-state index in [9.17, 15) is 0 Å². The summed E-state index contributed by atoms with van der Waals surface area (Å²) >= 11 is 0. The van der Waals surface area contributed by atoms with Crippen molar-refractivity contribution in [2.45, 2.75) is 59.3 Å². The molecule has 3 aromatic carbocycles. The van der Waals surface area contributed by atoms with Gasteiger partial charge in [0.1, 0.15) is 0 Å². The van der Waals surface area contributed by atoms with E-state index in [1.165, 1.54) is 22.3 Å². The summed E-state index contributed by atoms with van der Waals surface area (Å²) in [5.41, 5.74) is 9.79. The second kappa shape index (κ2) is 9.10. The summed E-state index contributed by atoms with van der Waals surface area (Å²) in [6, 6.07) is 30.9. The van der Waals surface area contributed by atoms with Crippen molar-refractivity contribution in [1.82, 2.24) is 4.98 Å².